The second-order valence-electron chi connectivity index (χ2n) is 7.57. The number of amides is 1. The van der Waals surface area contributed by atoms with Crippen LogP contribution in [0.15, 0.2) is 36.4 Å². The Balaban J connectivity index is 2.02. The fourth-order valence-electron chi connectivity index (χ4n) is 3.38. The van der Waals surface area contributed by atoms with Crippen molar-refractivity contribution in [3.8, 4) is 28.7 Å². The largest absolute Gasteiger partial charge is 0.493 e. The van der Waals surface area contributed by atoms with E-state index in [4.69, 9.17) is 28.9 Å². The van der Waals surface area contributed by atoms with Crippen molar-refractivity contribution in [3.63, 3.8) is 0 Å². The monoisotopic (exact) mass is 487 g/mol. The molecule has 0 spiro atoms. The molecule has 2 aromatic rings. The lowest BCUT2D eigenvalue weighted by molar-refractivity contribution is -0.129. The number of carbonyl (C=O) groups is 2. The number of hydrogen-bond acceptors (Lipinski definition) is 8. The highest BCUT2D eigenvalue weighted by atomic mass is 16.5. The van der Waals surface area contributed by atoms with Crippen LogP contribution in [-0.2, 0) is 4.79 Å². The summed E-state index contributed by atoms with van der Waals surface area (Å²) in [4.78, 5) is 23.8. The summed E-state index contributed by atoms with van der Waals surface area (Å²) < 4.78 is 27.2. The first kappa shape index (κ1) is 27.5. The molecule has 0 bridgehead atoms. The summed E-state index contributed by atoms with van der Waals surface area (Å²) in [6.07, 6.45) is 6.73. The van der Waals surface area contributed by atoms with Crippen molar-refractivity contribution >= 4 is 17.8 Å². The van der Waals surface area contributed by atoms with E-state index >= 15 is 0 Å². The third-order valence-corrected chi connectivity index (χ3v) is 5.24. The van der Waals surface area contributed by atoms with Gasteiger partial charge in [0.25, 0.3) is 0 Å². The van der Waals surface area contributed by atoms with E-state index in [0.717, 1.165) is 24.8 Å². The van der Waals surface area contributed by atoms with Crippen molar-refractivity contribution in [2.45, 2.75) is 32.1 Å². The van der Waals surface area contributed by atoms with Gasteiger partial charge in [-0.25, -0.2) is 5.48 Å². The van der Waals surface area contributed by atoms with E-state index in [1.165, 1.54) is 27.4 Å². The third kappa shape index (κ3) is 8.22. The van der Waals surface area contributed by atoms with Crippen LogP contribution in [0.5, 0.6) is 28.7 Å². The van der Waals surface area contributed by atoms with Gasteiger partial charge in [-0.15, -0.1) is 0 Å². The molecule has 9 heteroatoms. The number of rotatable bonds is 15. The van der Waals surface area contributed by atoms with Crippen LogP contribution in [0.25, 0.3) is 6.08 Å². The highest BCUT2D eigenvalue weighted by molar-refractivity contribution is 6.07. The Labute approximate surface area is 205 Å². The van der Waals surface area contributed by atoms with Gasteiger partial charge in [0.2, 0.25) is 11.7 Å². The summed E-state index contributed by atoms with van der Waals surface area (Å²) >= 11 is 0. The number of allylic oxidation sites excluding steroid dienone is 1. The van der Waals surface area contributed by atoms with Crippen LogP contribution in [0.1, 0.15) is 48.0 Å². The van der Waals surface area contributed by atoms with Gasteiger partial charge >= 0.3 is 0 Å². The van der Waals surface area contributed by atoms with E-state index in [1.807, 2.05) is 12.1 Å². The number of benzene rings is 2. The zero-order valence-electron chi connectivity index (χ0n) is 20.6. The third-order valence-electron chi connectivity index (χ3n) is 5.24. The topological polar surface area (TPSA) is 113 Å². The molecule has 2 aromatic carbocycles. The predicted octanol–water partition coefficient (Wildman–Crippen LogP) is 4.45. The van der Waals surface area contributed by atoms with Crippen molar-refractivity contribution in [2.75, 3.05) is 35.0 Å². The highest BCUT2D eigenvalue weighted by Gasteiger charge is 2.16. The molecular weight excluding hydrogens is 454 g/mol. The molecule has 2 N–H and O–H groups in total. The summed E-state index contributed by atoms with van der Waals surface area (Å²) in [5.74, 6) is 1.80. The van der Waals surface area contributed by atoms with Gasteiger partial charge in [0, 0.05) is 12.0 Å². The van der Waals surface area contributed by atoms with Gasteiger partial charge in [-0.05, 0) is 48.7 Å². The zero-order valence-corrected chi connectivity index (χ0v) is 20.6. The Hall–Kier alpha value is -3.72. The molecule has 190 valence electrons. The first-order chi connectivity index (χ1) is 17.0. The quantitative estimate of drug-likeness (QED) is 0.125. The van der Waals surface area contributed by atoms with E-state index in [1.54, 1.807) is 36.9 Å². The number of ether oxygens (including phenoxy) is 5. The van der Waals surface area contributed by atoms with Crippen LogP contribution in [0, 0.1) is 0 Å². The first-order valence-electron chi connectivity index (χ1n) is 11.2. The summed E-state index contributed by atoms with van der Waals surface area (Å²) in [7, 11) is 6.06. The lowest BCUT2D eigenvalue weighted by atomic mass is 10.1. The summed E-state index contributed by atoms with van der Waals surface area (Å²) in [6, 6.07) is 8.63. The van der Waals surface area contributed by atoms with Crippen LogP contribution in [0.4, 0.5) is 0 Å². The van der Waals surface area contributed by atoms with Gasteiger partial charge in [0.05, 0.1) is 35.0 Å². The fourth-order valence-corrected chi connectivity index (χ4v) is 3.38. The maximum absolute atomic E-state index is 12.8. The van der Waals surface area contributed by atoms with Crippen molar-refractivity contribution in [2.24, 2.45) is 0 Å². The normalized spacial score (nSPS) is 10.7. The Bertz CT molecular complexity index is 993. The lowest BCUT2D eigenvalue weighted by Gasteiger charge is -2.13. The minimum Gasteiger partial charge on any atom is -0.493 e. The van der Waals surface area contributed by atoms with Crippen LogP contribution < -0.4 is 29.2 Å². The average Bonchev–Trinajstić information content (AvgIpc) is 2.89. The molecule has 0 fully saturated rings. The Morgan fingerprint density at radius 1 is 0.829 bits per heavy atom. The van der Waals surface area contributed by atoms with Gasteiger partial charge in [0.15, 0.2) is 28.8 Å². The lowest BCUT2D eigenvalue weighted by Crippen LogP contribution is -2.17. The van der Waals surface area contributed by atoms with Gasteiger partial charge < -0.3 is 23.7 Å². The predicted molar refractivity (Wildman–Crippen MR) is 131 cm³/mol. The van der Waals surface area contributed by atoms with Crippen molar-refractivity contribution in [1.82, 2.24) is 5.48 Å². The Morgan fingerprint density at radius 2 is 1.49 bits per heavy atom. The average molecular weight is 488 g/mol. The molecular formula is C26H33NO8. The fraction of sp³-hybridized carbons (Fsp3) is 0.385. The molecule has 0 radical (unpaired) electrons. The smallest absolute Gasteiger partial charge is 0.243 e. The minimum atomic E-state index is -0.375. The molecule has 0 heterocycles. The van der Waals surface area contributed by atoms with Gasteiger partial charge in [0.1, 0.15) is 0 Å². The SMILES string of the molecule is COc1ccc(/C=C/C(=O)c2cc(OC)c(OC)c(OC)c2)cc1OCCCCCCC(=O)NO. The molecule has 1 amide bonds. The minimum absolute atomic E-state index is 0.225. The summed E-state index contributed by atoms with van der Waals surface area (Å²) in [5, 5.41) is 8.49. The van der Waals surface area contributed by atoms with E-state index in [2.05, 4.69) is 0 Å². The Morgan fingerprint density at radius 3 is 2.09 bits per heavy atom. The van der Waals surface area contributed by atoms with Gasteiger partial charge in [-0.1, -0.05) is 25.0 Å². The van der Waals surface area contributed by atoms with Crippen LogP contribution >= 0.6 is 0 Å². The highest BCUT2D eigenvalue weighted by Crippen LogP contribution is 2.38. The van der Waals surface area contributed by atoms with Crippen molar-refractivity contribution in [1.29, 1.82) is 0 Å². The maximum atomic E-state index is 12.8. The molecule has 0 aliphatic heterocycles. The molecule has 2 rings (SSSR count). The molecule has 0 saturated carbocycles. The molecule has 0 aliphatic carbocycles. The standard InChI is InChI=1S/C26H33NO8/c1-31-21-13-11-18(15-22(21)35-14-8-6-5-7-9-25(29)27-30)10-12-20(28)19-16-23(32-2)26(34-4)24(17-19)33-3/h10-13,15-17,30H,5-9,14H2,1-4H3,(H,27,29)/b12-10+. The number of carbonyl (C=O) groups excluding carboxylic acids is 2. The second kappa shape index (κ2) is 14.5. The molecule has 0 aliphatic rings. The van der Waals surface area contributed by atoms with Crippen molar-refractivity contribution in [3.05, 3.63) is 47.5 Å². The number of ketones is 1. The molecule has 0 aromatic heterocycles. The first-order valence-corrected chi connectivity index (χ1v) is 11.2. The van der Waals surface area contributed by atoms with E-state index in [-0.39, 0.29) is 11.7 Å². The van der Waals surface area contributed by atoms with E-state index < -0.39 is 0 Å². The molecule has 0 saturated heterocycles. The second-order valence-corrected chi connectivity index (χ2v) is 7.57. The maximum Gasteiger partial charge on any atom is 0.243 e. The molecule has 9 nitrogen and oxygen atoms in total. The summed E-state index contributed by atoms with van der Waals surface area (Å²) in [6.45, 7) is 0.486. The van der Waals surface area contributed by atoms with Crippen LogP contribution in [-0.4, -0.2) is 51.9 Å². The molecule has 0 atom stereocenters. The summed E-state index contributed by atoms with van der Waals surface area (Å²) in [5.41, 5.74) is 2.80. The number of nitrogens with one attached hydrogen (secondary N) is 1. The van der Waals surface area contributed by atoms with Gasteiger partial charge in [-0.3, -0.25) is 14.8 Å². The van der Waals surface area contributed by atoms with Crippen molar-refractivity contribution < 1.29 is 38.5 Å². The van der Waals surface area contributed by atoms with E-state index in [0.29, 0.717) is 53.8 Å². The van der Waals surface area contributed by atoms with E-state index in [9.17, 15) is 9.59 Å². The number of hydrogen-bond donors (Lipinski definition) is 2. The Kier molecular flexibility index (Phi) is 11.4. The number of unbranched alkanes of at least 4 members (excludes halogenated alkanes) is 3. The molecule has 35 heavy (non-hydrogen) atoms. The van der Waals surface area contributed by atoms with Crippen LogP contribution in [0.2, 0.25) is 0 Å². The van der Waals surface area contributed by atoms with Gasteiger partial charge in [-0.2, -0.15) is 0 Å². The molecule has 0 unspecified atom stereocenters. The number of methoxy groups -OCH3 is 4. The zero-order chi connectivity index (χ0) is 25.6. The van der Waals surface area contributed by atoms with Crippen LogP contribution in [0.3, 0.4) is 0 Å². The number of hydroxylamine groups is 1.